The summed E-state index contributed by atoms with van der Waals surface area (Å²) >= 11 is 6.68. The van der Waals surface area contributed by atoms with E-state index in [2.05, 4.69) is 69.9 Å². The number of hydrogen-bond acceptors (Lipinski definition) is 5. The third-order valence-electron chi connectivity index (χ3n) is 7.05. The summed E-state index contributed by atoms with van der Waals surface area (Å²) in [6.07, 6.45) is 19.1. The van der Waals surface area contributed by atoms with Gasteiger partial charge < -0.3 is 14.8 Å². The number of pyridine rings is 1. The van der Waals surface area contributed by atoms with Crippen molar-refractivity contribution in [1.82, 2.24) is 24.8 Å². The number of hydrogen-bond donors (Lipinski definition) is 1. The Hall–Kier alpha value is -2.41. The molecule has 1 fully saturated rings. The summed E-state index contributed by atoms with van der Waals surface area (Å²) in [4.78, 5) is 19.6. The largest absolute Gasteiger partial charge is 0.354 e. The Kier molecular flexibility index (Phi) is 9.18. The van der Waals surface area contributed by atoms with E-state index in [1.165, 1.54) is 24.0 Å². The lowest BCUT2D eigenvalue weighted by atomic mass is 10.0. The van der Waals surface area contributed by atoms with Gasteiger partial charge in [0.25, 0.3) is 0 Å². The van der Waals surface area contributed by atoms with E-state index in [1.807, 2.05) is 18.5 Å². The molecule has 188 valence electrons. The van der Waals surface area contributed by atoms with Crippen LogP contribution in [0.25, 0.3) is 11.4 Å². The Labute approximate surface area is 215 Å². The average molecular weight is 495 g/mol. The molecule has 0 unspecified atom stereocenters. The van der Waals surface area contributed by atoms with Crippen LogP contribution in [0.1, 0.15) is 39.5 Å². The van der Waals surface area contributed by atoms with E-state index in [4.69, 9.17) is 16.6 Å². The molecule has 7 heteroatoms. The lowest BCUT2D eigenvalue weighted by molar-refractivity contribution is 0.136. The smallest absolute Gasteiger partial charge is 0.147 e. The van der Waals surface area contributed by atoms with Gasteiger partial charge in [-0.25, -0.2) is 9.97 Å². The van der Waals surface area contributed by atoms with Gasteiger partial charge >= 0.3 is 0 Å². The van der Waals surface area contributed by atoms with E-state index in [1.54, 1.807) is 6.20 Å². The van der Waals surface area contributed by atoms with E-state index in [0.29, 0.717) is 11.1 Å². The topological polar surface area (TPSA) is 51.3 Å². The second-order valence-corrected chi connectivity index (χ2v) is 10.2. The van der Waals surface area contributed by atoms with Crippen molar-refractivity contribution in [3.8, 4) is 11.4 Å². The van der Waals surface area contributed by atoms with Crippen molar-refractivity contribution in [1.29, 1.82) is 0 Å². The van der Waals surface area contributed by atoms with Crippen molar-refractivity contribution in [2.45, 2.75) is 45.6 Å². The fourth-order valence-electron chi connectivity index (χ4n) is 4.92. The normalized spacial score (nSPS) is 17.4. The molecule has 2 aromatic heterocycles. The average Bonchev–Trinajstić information content (AvgIpc) is 3.33. The molecule has 6 nitrogen and oxygen atoms in total. The first-order chi connectivity index (χ1) is 17.0. The maximum absolute atomic E-state index is 6.68. The van der Waals surface area contributed by atoms with Crippen LogP contribution in [0.3, 0.4) is 0 Å². The molecule has 1 aliphatic carbocycles. The number of likely N-dealkylation sites (N-methyl/N-ethyl adjacent to an activating group) is 1. The summed E-state index contributed by atoms with van der Waals surface area (Å²) in [5.41, 5.74) is 3.76. The van der Waals surface area contributed by atoms with Crippen molar-refractivity contribution in [3.63, 3.8) is 0 Å². The van der Waals surface area contributed by atoms with E-state index < -0.39 is 0 Å². The lowest BCUT2D eigenvalue weighted by Gasteiger charge is -2.38. The minimum absolute atomic E-state index is 0.625. The molecule has 3 heterocycles. The van der Waals surface area contributed by atoms with Gasteiger partial charge in [-0.3, -0.25) is 4.90 Å². The van der Waals surface area contributed by atoms with Crippen LogP contribution in [-0.2, 0) is 0 Å². The lowest BCUT2D eigenvalue weighted by Crippen LogP contribution is -2.46. The number of H-pyrrole nitrogens is 1. The number of aromatic amines is 1. The van der Waals surface area contributed by atoms with E-state index in [9.17, 15) is 0 Å². The maximum atomic E-state index is 6.68. The number of aromatic nitrogens is 3. The van der Waals surface area contributed by atoms with Crippen LogP contribution < -0.4 is 4.90 Å². The molecule has 0 saturated carbocycles. The molecule has 35 heavy (non-hydrogen) atoms. The number of allylic oxidation sites excluding steroid dienone is 4. The molecule has 2 aliphatic rings. The van der Waals surface area contributed by atoms with Gasteiger partial charge in [-0.05, 0) is 64.4 Å². The fraction of sp³-hybridized carbons (Fsp3) is 0.500. The highest BCUT2D eigenvalue weighted by atomic mass is 35.5. The molecule has 0 spiro atoms. The van der Waals surface area contributed by atoms with Crippen LogP contribution in [0, 0.1) is 0 Å². The van der Waals surface area contributed by atoms with Gasteiger partial charge in [-0.15, -0.1) is 0 Å². The van der Waals surface area contributed by atoms with Crippen LogP contribution in [0.15, 0.2) is 60.1 Å². The minimum atomic E-state index is 0.625. The molecule has 0 bridgehead atoms. The first-order valence-electron chi connectivity index (χ1n) is 12.9. The van der Waals surface area contributed by atoms with Crippen LogP contribution in [-0.4, -0.2) is 77.1 Å². The zero-order valence-corrected chi connectivity index (χ0v) is 22.1. The predicted octanol–water partition coefficient (Wildman–Crippen LogP) is 5.57. The zero-order valence-electron chi connectivity index (χ0n) is 21.4. The highest BCUT2D eigenvalue weighted by molar-refractivity contribution is 6.33. The number of nitrogens with one attached hydrogen (secondary N) is 1. The number of nitrogens with zero attached hydrogens (tertiary/aromatic N) is 5. The Bertz CT molecular complexity index is 1030. The zero-order chi connectivity index (χ0) is 24.6. The van der Waals surface area contributed by atoms with Crippen LogP contribution in [0.2, 0.25) is 5.02 Å². The second kappa shape index (κ2) is 12.5. The Morgan fingerprint density at radius 2 is 1.97 bits per heavy atom. The number of likely N-dealkylation sites (tertiary alicyclic amines) is 1. The first kappa shape index (κ1) is 25.7. The van der Waals surface area contributed by atoms with E-state index >= 15 is 0 Å². The Morgan fingerprint density at radius 1 is 1.14 bits per heavy atom. The number of halogens is 1. The van der Waals surface area contributed by atoms with Gasteiger partial charge in [0.15, 0.2) is 0 Å². The molecule has 0 amide bonds. The molecule has 4 rings (SSSR count). The van der Waals surface area contributed by atoms with Gasteiger partial charge in [0.2, 0.25) is 0 Å². The number of rotatable bonds is 10. The molecule has 0 radical (unpaired) electrons. The molecule has 1 N–H and O–H groups in total. The predicted molar refractivity (Wildman–Crippen MR) is 147 cm³/mol. The van der Waals surface area contributed by atoms with Gasteiger partial charge in [0.05, 0.1) is 5.02 Å². The highest BCUT2D eigenvalue weighted by Crippen LogP contribution is 2.28. The summed E-state index contributed by atoms with van der Waals surface area (Å²) in [5.74, 6) is 1.65. The number of piperidine rings is 1. The Morgan fingerprint density at radius 3 is 2.69 bits per heavy atom. The third-order valence-corrected chi connectivity index (χ3v) is 7.33. The summed E-state index contributed by atoms with van der Waals surface area (Å²) in [7, 11) is 2.27. The monoisotopic (exact) mass is 494 g/mol. The summed E-state index contributed by atoms with van der Waals surface area (Å²) in [6, 6.07) is 2.58. The van der Waals surface area contributed by atoms with Crippen molar-refractivity contribution in [2.75, 3.05) is 51.2 Å². The van der Waals surface area contributed by atoms with Gasteiger partial charge in [-0.2, -0.15) is 0 Å². The fourth-order valence-corrected chi connectivity index (χ4v) is 5.21. The van der Waals surface area contributed by atoms with Gasteiger partial charge in [0.1, 0.15) is 11.6 Å². The molecule has 2 aromatic rings. The van der Waals surface area contributed by atoms with Crippen molar-refractivity contribution < 1.29 is 0 Å². The summed E-state index contributed by atoms with van der Waals surface area (Å²) < 4.78 is 0. The van der Waals surface area contributed by atoms with Crippen LogP contribution >= 0.6 is 11.6 Å². The third kappa shape index (κ3) is 7.06. The quantitative estimate of drug-likeness (QED) is 0.468. The molecule has 1 aliphatic heterocycles. The summed E-state index contributed by atoms with van der Waals surface area (Å²) in [6.45, 7) is 10.6. The number of anilines is 1. The minimum Gasteiger partial charge on any atom is -0.354 e. The van der Waals surface area contributed by atoms with Crippen LogP contribution in [0.5, 0.6) is 0 Å². The van der Waals surface area contributed by atoms with E-state index in [0.717, 1.165) is 69.3 Å². The van der Waals surface area contributed by atoms with Crippen LogP contribution in [0.4, 0.5) is 5.82 Å². The SMILES string of the molecule is CCCN(CCN(C)C1CCN(CC2=CC=C(C)CC=C2)CC1)c1ncc(-c2ncc[nH]2)cc1Cl. The van der Waals surface area contributed by atoms with E-state index in [-0.39, 0.29) is 0 Å². The van der Waals surface area contributed by atoms with Gasteiger partial charge in [0, 0.05) is 56.4 Å². The van der Waals surface area contributed by atoms with Crippen molar-refractivity contribution >= 4 is 17.4 Å². The molecule has 1 saturated heterocycles. The molecular formula is C28H39ClN6. The maximum Gasteiger partial charge on any atom is 0.147 e. The second-order valence-electron chi connectivity index (χ2n) is 9.80. The van der Waals surface area contributed by atoms with Crippen molar-refractivity contribution in [2.24, 2.45) is 0 Å². The standard InChI is InChI=1S/C28H39ClN6/c1-4-14-35(28-26(29)19-24(20-32-28)27-30-12-13-31-27)18-17-33(3)25-10-15-34(16-11-25)21-23-7-5-6-22(2)8-9-23/h5,7-9,12-13,19-20,25H,4,6,10-11,14-18,21H2,1-3H3,(H,30,31). The highest BCUT2D eigenvalue weighted by Gasteiger charge is 2.23. The molecular weight excluding hydrogens is 456 g/mol. The Balaban J connectivity index is 1.29. The molecule has 0 atom stereocenters. The van der Waals surface area contributed by atoms with Crippen molar-refractivity contribution in [3.05, 3.63) is 65.1 Å². The molecule has 0 aromatic carbocycles. The number of imidazole rings is 1. The summed E-state index contributed by atoms with van der Waals surface area (Å²) in [5, 5.41) is 0.676. The van der Waals surface area contributed by atoms with Gasteiger partial charge in [-0.1, -0.05) is 48.4 Å². The first-order valence-corrected chi connectivity index (χ1v) is 13.3.